The minimum Gasteiger partial charge on any atom is -0.466 e. The Bertz CT molecular complexity index is 265. The van der Waals surface area contributed by atoms with Gasteiger partial charge in [0, 0.05) is 24.9 Å². The number of rotatable bonds is 6. The van der Waals surface area contributed by atoms with Gasteiger partial charge in [-0.2, -0.15) is 0 Å². The van der Waals surface area contributed by atoms with E-state index in [4.69, 9.17) is 0 Å². The summed E-state index contributed by atoms with van der Waals surface area (Å²) in [7, 11) is 1.42. The molecule has 3 nitrogen and oxygen atoms in total. The molecule has 90 valence electrons. The highest BCUT2D eigenvalue weighted by atomic mass is 16.5. The van der Waals surface area contributed by atoms with E-state index < -0.39 is 0 Å². The molecule has 1 rings (SSSR count). The molecule has 0 spiro atoms. The fourth-order valence-corrected chi connectivity index (χ4v) is 1.95. The van der Waals surface area contributed by atoms with Gasteiger partial charge in [0.1, 0.15) is 0 Å². The van der Waals surface area contributed by atoms with E-state index in [9.17, 15) is 4.79 Å². The molecule has 1 aliphatic heterocycles. The number of hydrogen-bond donors (Lipinski definition) is 0. The van der Waals surface area contributed by atoms with Gasteiger partial charge in [-0.1, -0.05) is 6.08 Å². The van der Waals surface area contributed by atoms with Crippen LogP contribution in [0.4, 0.5) is 0 Å². The van der Waals surface area contributed by atoms with Gasteiger partial charge in [0.05, 0.1) is 7.11 Å². The zero-order valence-electron chi connectivity index (χ0n) is 10.1. The van der Waals surface area contributed by atoms with E-state index in [1.54, 1.807) is 6.08 Å². The summed E-state index contributed by atoms with van der Waals surface area (Å²) in [5.74, 6) is -0.250. The standard InChI is InChI=1S/C13H21NO2/c1-3-4-5-8-12(11-13(15)16-2)14-9-6-7-10-14/h3,11H,1,4-10H2,2H3/b12-11+. The minimum atomic E-state index is -0.250. The molecule has 1 aliphatic rings. The van der Waals surface area contributed by atoms with Gasteiger partial charge in [0.15, 0.2) is 0 Å². The van der Waals surface area contributed by atoms with Crippen molar-refractivity contribution in [2.75, 3.05) is 20.2 Å². The molecule has 0 aromatic rings. The third kappa shape index (κ3) is 4.09. The summed E-state index contributed by atoms with van der Waals surface area (Å²) in [6, 6.07) is 0. The van der Waals surface area contributed by atoms with Crippen LogP contribution in [0.25, 0.3) is 0 Å². The van der Waals surface area contributed by atoms with Crippen molar-refractivity contribution in [3.63, 3.8) is 0 Å². The average Bonchev–Trinajstić information content (AvgIpc) is 2.81. The van der Waals surface area contributed by atoms with Crippen LogP contribution in [0.5, 0.6) is 0 Å². The van der Waals surface area contributed by atoms with Gasteiger partial charge >= 0.3 is 5.97 Å². The van der Waals surface area contributed by atoms with E-state index in [1.807, 2.05) is 6.08 Å². The lowest BCUT2D eigenvalue weighted by Crippen LogP contribution is -2.20. The molecule has 0 saturated carbocycles. The molecule has 16 heavy (non-hydrogen) atoms. The highest BCUT2D eigenvalue weighted by Gasteiger charge is 2.15. The number of carbonyl (C=O) groups excluding carboxylic acids is 1. The first-order valence-corrected chi connectivity index (χ1v) is 5.92. The van der Waals surface area contributed by atoms with Crippen LogP contribution in [0, 0.1) is 0 Å². The van der Waals surface area contributed by atoms with Crippen LogP contribution in [0.15, 0.2) is 24.4 Å². The number of hydrogen-bond acceptors (Lipinski definition) is 3. The van der Waals surface area contributed by atoms with Crippen LogP contribution >= 0.6 is 0 Å². The van der Waals surface area contributed by atoms with Crippen molar-refractivity contribution in [1.29, 1.82) is 0 Å². The maximum atomic E-state index is 11.3. The third-order valence-electron chi connectivity index (χ3n) is 2.84. The monoisotopic (exact) mass is 223 g/mol. The van der Waals surface area contributed by atoms with E-state index in [-0.39, 0.29) is 5.97 Å². The van der Waals surface area contributed by atoms with E-state index in [0.717, 1.165) is 38.0 Å². The molecular formula is C13H21NO2. The first-order chi connectivity index (χ1) is 7.77. The lowest BCUT2D eigenvalue weighted by atomic mass is 10.1. The molecule has 1 fully saturated rings. The minimum absolute atomic E-state index is 0.250. The van der Waals surface area contributed by atoms with Crippen LogP contribution in [0.3, 0.4) is 0 Å². The molecule has 1 saturated heterocycles. The molecule has 0 radical (unpaired) electrons. The average molecular weight is 223 g/mol. The number of likely N-dealkylation sites (tertiary alicyclic amines) is 1. The number of methoxy groups -OCH3 is 1. The lowest BCUT2D eigenvalue weighted by molar-refractivity contribution is -0.135. The van der Waals surface area contributed by atoms with Crippen LogP contribution < -0.4 is 0 Å². The van der Waals surface area contributed by atoms with Crippen molar-refractivity contribution in [3.05, 3.63) is 24.4 Å². The molecule has 0 aliphatic carbocycles. The molecule has 1 heterocycles. The van der Waals surface area contributed by atoms with Crippen molar-refractivity contribution >= 4 is 5.97 Å². The maximum Gasteiger partial charge on any atom is 0.332 e. The molecule has 0 unspecified atom stereocenters. The first kappa shape index (κ1) is 12.8. The van der Waals surface area contributed by atoms with Gasteiger partial charge in [-0.05, 0) is 32.1 Å². The van der Waals surface area contributed by atoms with Crippen LogP contribution in [0.2, 0.25) is 0 Å². The highest BCUT2D eigenvalue weighted by molar-refractivity contribution is 5.82. The predicted octanol–water partition coefficient (Wildman–Crippen LogP) is 2.50. The Kier molecular flexibility index (Phi) is 5.68. The summed E-state index contributed by atoms with van der Waals surface area (Å²) in [5, 5.41) is 0. The SMILES string of the molecule is C=CCCC/C(=C\C(=O)OC)N1CCCC1. The second-order valence-electron chi connectivity index (χ2n) is 4.03. The molecule has 0 amide bonds. The third-order valence-corrected chi connectivity index (χ3v) is 2.84. The van der Waals surface area contributed by atoms with E-state index >= 15 is 0 Å². The van der Waals surface area contributed by atoms with Crippen LogP contribution in [-0.2, 0) is 9.53 Å². The Morgan fingerprint density at radius 1 is 1.44 bits per heavy atom. The number of allylic oxidation sites excluding steroid dienone is 2. The molecule has 0 aromatic carbocycles. The number of carbonyl (C=O) groups is 1. The van der Waals surface area contributed by atoms with Crippen molar-refractivity contribution < 1.29 is 9.53 Å². The summed E-state index contributed by atoms with van der Waals surface area (Å²) < 4.78 is 4.68. The molecule has 3 heteroatoms. The summed E-state index contributed by atoms with van der Waals surface area (Å²) in [6.07, 6.45) is 8.96. The topological polar surface area (TPSA) is 29.5 Å². The zero-order valence-corrected chi connectivity index (χ0v) is 10.1. The zero-order chi connectivity index (χ0) is 11.8. The fourth-order valence-electron chi connectivity index (χ4n) is 1.95. The van der Waals surface area contributed by atoms with Gasteiger partial charge in [-0.25, -0.2) is 4.79 Å². The van der Waals surface area contributed by atoms with Crippen molar-refractivity contribution in [2.45, 2.75) is 32.1 Å². The van der Waals surface area contributed by atoms with Gasteiger partial charge in [0.2, 0.25) is 0 Å². The lowest BCUT2D eigenvalue weighted by Gasteiger charge is -2.21. The number of unbranched alkanes of at least 4 members (excludes halogenated alkanes) is 1. The summed E-state index contributed by atoms with van der Waals surface area (Å²) in [4.78, 5) is 13.6. The quantitative estimate of drug-likeness (QED) is 0.300. The summed E-state index contributed by atoms with van der Waals surface area (Å²) in [5.41, 5.74) is 1.12. The fraction of sp³-hybridized carbons (Fsp3) is 0.615. The Labute approximate surface area is 97.8 Å². The molecule has 0 bridgehead atoms. The highest BCUT2D eigenvalue weighted by Crippen LogP contribution is 2.19. The predicted molar refractivity (Wildman–Crippen MR) is 65.0 cm³/mol. The number of esters is 1. The van der Waals surface area contributed by atoms with Gasteiger partial charge in [-0.3, -0.25) is 0 Å². The van der Waals surface area contributed by atoms with Gasteiger partial charge in [0.25, 0.3) is 0 Å². The van der Waals surface area contributed by atoms with E-state index in [1.165, 1.54) is 20.0 Å². The maximum absolute atomic E-state index is 11.3. The van der Waals surface area contributed by atoms with Crippen molar-refractivity contribution in [3.8, 4) is 0 Å². The molecule has 0 atom stereocenters. The molecule has 0 N–H and O–H groups in total. The smallest absolute Gasteiger partial charge is 0.332 e. The summed E-state index contributed by atoms with van der Waals surface area (Å²) in [6.45, 7) is 5.84. The Morgan fingerprint density at radius 3 is 2.69 bits per heavy atom. The number of nitrogens with zero attached hydrogens (tertiary/aromatic N) is 1. The van der Waals surface area contributed by atoms with Crippen LogP contribution in [-0.4, -0.2) is 31.1 Å². The Hall–Kier alpha value is -1.25. The first-order valence-electron chi connectivity index (χ1n) is 5.92. The Balaban J connectivity index is 2.56. The second-order valence-corrected chi connectivity index (χ2v) is 4.03. The van der Waals surface area contributed by atoms with E-state index in [0.29, 0.717) is 0 Å². The van der Waals surface area contributed by atoms with Gasteiger partial charge in [-0.15, -0.1) is 6.58 Å². The molecular weight excluding hydrogens is 202 g/mol. The summed E-state index contributed by atoms with van der Waals surface area (Å²) >= 11 is 0. The van der Waals surface area contributed by atoms with Crippen LogP contribution in [0.1, 0.15) is 32.1 Å². The Morgan fingerprint density at radius 2 is 2.12 bits per heavy atom. The van der Waals surface area contributed by atoms with E-state index in [2.05, 4.69) is 16.2 Å². The normalized spacial score (nSPS) is 16.3. The second kappa shape index (κ2) is 7.09. The molecule has 0 aromatic heterocycles. The largest absolute Gasteiger partial charge is 0.466 e. The van der Waals surface area contributed by atoms with Crippen molar-refractivity contribution in [2.24, 2.45) is 0 Å². The van der Waals surface area contributed by atoms with Crippen molar-refractivity contribution in [1.82, 2.24) is 4.90 Å². The number of ether oxygens (including phenoxy) is 1. The van der Waals surface area contributed by atoms with Gasteiger partial charge < -0.3 is 9.64 Å².